The highest BCUT2D eigenvalue weighted by molar-refractivity contribution is 5.32. The van der Waals surface area contributed by atoms with Crippen molar-refractivity contribution in [1.29, 1.82) is 0 Å². The highest BCUT2D eigenvalue weighted by Crippen LogP contribution is 2.26. The van der Waals surface area contributed by atoms with Crippen molar-refractivity contribution in [2.45, 2.75) is 32.3 Å². The van der Waals surface area contributed by atoms with Gasteiger partial charge in [-0.05, 0) is 16.5 Å². The first kappa shape index (κ1) is 20.7. The molecule has 1 aromatic carbocycles. The van der Waals surface area contributed by atoms with Gasteiger partial charge < -0.3 is 9.84 Å². The second-order valence-electron chi connectivity index (χ2n) is 6.56. The first-order valence-electron chi connectivity index (χ1n) is 8.23. The molecule has 0 bridgehead atoms. The summed E-state index contributed by atoms with van der Waals surface area (Å²) in [6.45, 7) is 14.7. The number of aliphatic hydroxyl groups excluding tert-OH is 1. The molecule has 1 unspecified atom stereocenters. The number of ether oxygens (including phenoxy) is 1. The van der Waals surface area contributed by atoms with Gasteiger partial charge in [-0.2, -0.15) is 0 Å². The van der Waals surface area contributed by atoms with E-state index < -0.39 is 6.10 Å². The van der Waals surface area contributed by atoms with Crippen molar-refractivity contribution in [2.24, 2.45) is 0 Å². The Balaban J connectivity index is 0.000000381. The molecule has 1 atom stereocenters. The SMILES string of the molecule is C=CCOCC=C.CC(C)(C)c1ccc(C(O)c2cncnc2)cc1. The molecule has 2 aromatic rings. The van der Waals surface area contributed by atoms with Crippen LogP contribution >= 0.6 is 0 Å². The summed E-state index contributed by atoms with van der Waals surface area (Å²) in [5, 5.41) is 10.2. The quantitative estimate of drug-likeness (QED) is 0.631. The number of hydrogen-bond acceptors (Lipinski definition) is 4. The first-order valence-corrected chi connectivity index (χ1v) is 8.23. The van der Waals surface area contributed by atoms with Crippen molar-refractivity contribution >= 4 is 0 Å². The molecule has 0 radical (unpaired) electrons. The molecule has 4 heteroatoms. The van der Waals surface area contributed by atoms with Gasteiger partial charge in [0.1, 0.15) is 12.4 Å². The third-order valence-corrected chi connectivity index (χ3v) is 3.46. The molecule has 0 saturated heterocycles. The van der Waals surface area contributed by atoms with Gasteiger partial charge in [0.2, 0.25) is 0 Å². The van der Waals surface area contributed by atoms with Gasteiger partial charge in [0.15, 0.2) is 0 Å². The fraction of sp³-hybridized carbons (Fsp3) is 0.333. The molecular formula is C21H28N2O2. The molecule has 1 N–H and O–H groups in total. The summed E-state index contributed by atoms with van der Waals surface area (Å²) < 4.78 is 4.90. The van der Waals surface area contributed by atoms with Gasteiger partial charge in [-0.3, -0.25) is 0 Å². The monoisotopic (exact) mass is 340 g/mol. The maximum atomic E-state index is 10.2. The van der Waals surface area contributed by atoms with E-state index in [1.807, 2.05) is 12.1 Å². The highest BCUT2D eigenvalue weighted by Gasteiger charge is 2.15. The lowest BCUT2D eigenvalue weighted by molar-refractivity contribution is 0.194. The largest absolute Gasteiger partial charge is 0.384 e. The van der Waals surface area contributed by atoms with Crippen molar-refractivity contribution in [1.82, 2.24) is 9.97 Å². The van der Waals surface area contributed by atoms with Gasteiger partial charge in [0.05, 0.1) is 13.2 Å². The molecule has 0 amide bonds. The molecule has 134 valence electrons. The summed E-state index contributed by atoms with van der Waals surface area (Å²) in [7, 11) is 0. The molecule has 0 fully saturated rings. The number of aliphatic hydroxyl groups is 1. The smallest absolute Gasteiger partial charge is 0.115 e. The maximum absolute atomic E-state index is 10.2. The van der Waals surface area contributed by atoms with Crippen LogP contribution in [0.15, 0.2) is 68.3 Å². The Kier molecular flexibility index (Phi) is 8.75. The zero-order valence-electron chi connectivity index (χ0n) is 15.4. The Hall–Kier alpha value is -2.30. The Labute approximate surface area is 150 Å². The molecule has 0 aliphatic rings. The van der Waals surface area contributed by atoms with Gasteiger partial charge in [0.25, 0.3) is 0 Å². The molecule has 1 heterocycles. The zero-order chi connectivity index (χ0) is 18.7. The molecule has 0 spiro atoms. The van der Waals surface area contributed by atoms with E-state index in [0.29, 0.717) is 18.8 Å². The van der Waals surface area contributed by atoms with Crippen LogP contribution in [0.2, 0.25) is 0 Å². The molecule has 2 rings (SSSR count). The van der Waals surface area contributed by atoms with E-state index in [0.717, 1.165) is 5.56 Å². The summed E-state index contributed by atoms with van der Waals surface area (Å²) in [5.74, 6) is 0. The summed E-state index contributed by atoms with van der Waals surface area (Å²) in [6, 6.07) is 8.03. The minimum Gasteiger partial charge on any atom is -0.384 e. The van der Waals surface area contributed by atoms with E-state index in [1.165, 1.54) is 11.9 Å². The Morgan fingerprint density at radius 1 is 1.00 bits per heavy atom. The van der Waals surface area contributed by atoms with Gasteiger partial charge in [-0.1, -0.05) is 57.2 Å². The van der Waals surface area contributed by atoms with Crippen molar-refractivity contribution in [3.05, 3.63) is 85.0 Å². The van der Waals surface area contributed by atoms with Crippen LogP contribution in [0.25, 0.3) is 0 Å². The summed E-state index contributed by atoms with van der Waals surface area (Å²) in [4.78, 5) is 7.83. The van der Waals surface area contributed by atoms with Gasteiger partial charge >= 0.3 is 0 Å². The van der Waals surface area contributed by atoms with Crippen LogP contribution in [-0.4, -0.2) is 28.3 Å². The number of benzene rings is 1. The molecule has 0 aliphatic carbocycles. The van der Waals surface area contributed by atoms with Crippen LogP contribution < -0.4 is 0 Å². The fourth-order valence-electron chi connectivity index (χ4n) is 2.04. The Morgan fingerprint density at radius 3 is 1.96 bits per heavy atom. The number of rotatable bonds is 6. The van der Waals surface area contributed by atoms with Crippen LogP contribution in [0.1, 0.15) is 43.6 Å². The molecule has 25 heavy (non-hydrogen) atoms. The van der Waals surface area contributed by atoms with Gasteiger partial charge in [0, 0.05) is 18.0 Å². The molecule has 0 aliphatic heterocycles. The predicted molar refractivity (Wildman–Crippen MR) is 102 cm³/mol. The lowest BCUT2D eigenvalue weighted by Crippen LogP contribution is -2.11. The lowest BCUT2D eigenvalue weighted by atomic mass is 9.86. The van der Waals surface area contributed by atoms with Crippen LogP contribution in [0.4, 0.5) is 0 Å². The number of aromatic nitrogens is 2. The molecule has 1 aromatic heterocycles. The second-order valence-corrected chi connectivity index (χ2v) is 6.56. The standard InChI is InChI=1S/C15H18N2O.C6H10O/c1-15(2,3)13-6-4-11(5-7-13)14(18)12-8-16-10-17-9-12;1-3-5-7-6-4-2/h4-10,14,18H,1-3H3;3-4H,1-2,5-6H2. The maximum Gasteiger partial charge on any atom is 0.115 e. The Bertz CT molecular complexity index is 623. The van der Waals surface area contributed by atoms with Crippen LogP contribution in [0.5, 0.6) is 0 Å². The first-order chi connectivity index (χ1) is 11.9. The van der Waals surface area contributed by atoms with Crippen LogP contribution in [-0.2, 0) is 10.2 Å². The predicted octanol–water partition coefficient (Wildman–Crippen LogP) is 4.23. The van der Waals surface area contributed by atoms with Crippen molar-refractivity contribution < 1.29 is 9.84 Å². The number of nitrogens with zero attached hydrogens (tertiary/aromatic N) is 2. The molecule has 0 saturated carbocycles. The van der Waals surface area contributed by atoms with E-state index in [9.17, 15) is 5.11 Å². The van der Waals surface area contributed by atoms with E-state index >= 15 is 0 Å². The van der Waals surface area contributed by atoms with Crippen molar-refractivity contribution in [3.63, 3.8) is 0 Å². The number of hydrogen-bond donors (Lipinski definition) is 1. The summed E-state index contributed by atoms with van der Waals surface area (Å²) in [6.07, 6.45) is 7.48. The topological polar surface area (TPSA) is 55.2 Å². The zero-order valence-corrected chi connectivity index (χ0v) is 15.4. The van der Waals surface area contributed by atoms with Crippen LogP contribution in [0, 0.1) is 0 Å². The van der Waals surface area contributed by atoms with Gasteiger partial charge in [-0.25, -0.2) is 9.97 Å². The fourth-order valence-corrected chi connectivity index (χ4v) is 2.04. The lowest BCUT2D eigenvalue weighted by Gasteiger charge is -2.20. The summed E-state index contributed by atoms with van der Waals surface area (Å²) >= 11 is 0. The van der Waals surface area contributed by atoms with Crippen molar-refractivity contribution in [3.8, 4) is 0 Å². The third-order valence-electron chi connectivity index (χ3n) is 3.46. The van der Waals surface area contributed by atoms with E-state index in [4.69, 9.17) is 4.74 Å². The second kappa shape index (κ2) is 10.5. The molecular weight excluding hydrogens is 312 g/mol. The minimum absolute atomic E-state index is 0.124. The van der Waals surface area contributed by atoms with Gasteiger partial charge in [-0.15, -0.1) is 13.2 Å². The van der Waals surface area contributed by atoms with E-state index in [1.54, 1.807) is 24.5 Å². The average molecular weight is 340 g/mol. The minimum atomic E-state index is -0.666. The van der Waals surface area contributed by atoms with Crippen molar-refractivity contribution in [2.75, 3.05) is 13.2 Å². The summed E-state index contributed by atoms with van der Waals surface area (Å²) in [5.41, 5.74) is 2.95. The van der Waals surface area contributed by atoms with E-state index in [2.05, 4.69) is 56.0 Å². The molecule has 4 nitrogen and oxygen atoms in total. The normalized spacial score (nSPS) is 11.8. The average Bonchev–Trinajstić information content (AvgIpc) is 2.62. The van der Waals surface area contributed by atoms with Crippen LogP contribution in [0.3, 0.4) is 0 Å². The van der Waals surface area contributed by atoms with E-state index in [-0.39, 0.29) is 5.41 Å². The Morgan fingerprint density at radius 2 is 1.52 bits per heavy atom. The highest BCUT2D eigenvalue weighted by atomic mass is 16.5. The third kappa shape index (κ3) is 7.42.